The van der Waals surface area contributed by atoms with Crippen LogP contribution in [0, 0.1) is 0 Å². The highest BCUT2D eigenvalue weighted by atomic mass is 79.9. The van der Waals surface area contributed by atoms with Gasteiger partial charge in [-0.05, 0) is 53.4 Å². The van der Waals surface area contributed by atoms with Crippen molar-refractivity contribution in [3.05, 3.63) is 93.1 Å². The molecule has 170 valence electrons. The Morgan fingerprint density at radius 3 is 2.55 bits per heavy atom. The Labute approximate surface area is 205 Å². The third kappa shape index (κ3) is 5.83. The van der Waals surface area contributed by atoms with Crippen molar-refractivity contribution in [2.24, 2.45) is 0 Å². The van der Waals surface area contributed by atoms with E-state index in [2.05, 4.69) is 22.5 Å². The summed E-state index contributed by atoms with van der Waals surface area (Å²) in [6.45, 7) is 5.03. The van der Waals surface area contributed by atoms with Crippen LogP contribution >= 0.6 is 27.3 Å². The van der Waals surface area contributed by atoms with Gasteiger partial charge in [0.25, 0.3) is 5.91 Å². The molecular formula is C25H23BrN2O4S. The molecule has 2 aromatic carbocycles. The van der Waals surface area contributed by atoms with E-state index in [-0.39, 0.29) is 31.7 Å². The number of carbonyl (C=O) groups is 2. The molecule has 0 radical (unpaired) electrons. The number of benzene rings is 2. The van der Waals surface area contributed by atoms with E-state index in [9.17, 15) is 9.59 Å². The van der Waals surface area contributed by atoms with Crippen LogP contribution in [0.15, 0.2) is 77.1 Å². The third-order valence-corrected chi connectivity index (χ3v) is 6.53. The maximum atomic E-state index is 13.4. The molecule has 0 fully saturated rings. The fourth-order valence-corrected chi connectivity index (χ4v) is 4.48. The van der Waals surface area contributed by atoms with Gasteiger partial charge in [-0.3, -0.25) is 9.59 Å². The number of nitrogens with zero attached hydrogens (tertiary/aromatic N) is 2. The van der Waals surface area contributed by atoms with Crippen LogP contribution in [0.2, 0.25) is 0 Å². The SMILES string of the molecule is C=CCN(CC(=O)N(Cc1ccc2c(c1)OCO2)Cc1cccs1)C(=O)c1ccc(Br)cc1. The number of carbonyl (C=O) groups excluding carboxylic acids is 2. The van der Waals surface area contributed by atoms with E-state index in [1.807, 2.05) is 47.8 Å². The van der Waals surface area contributed by atoms with Gasteiger partial charge < -0.3 is 19.3 Å². The Hall–Kier alpha value is -3.10. The second kappa shape index (κ2) is 10.7. The topological polar surface area (TPSA) is 59.1 Å². The average molecular weight is 527 g/mol. The molecule has 1 aliphatic rings. The van der Waals surface area contributed by atoms with Crippen molar-refractivity contribution < 1.29 is 19.1 Å². The number of hydrogen-bond acceptors (Lipinski definition) is 5. The molecule has 0 aliphatic carbocycles. The maximum absolute atomic E-state index is 13.4. The highest BCUT2D eigenvalue weighted by Crippen LogP contribution is 2.33. The molecule has 4 rings (SSSR count). The monoisotopic (exact) mass is 526 g/mol. The Bertz CT molecular complexity index is 1130. The lowest BCUT2D eigenvalue weighted by Gasteiger charge is -2.27. The summed E-state index contributed by atoms with van der Waals surface area (Å²) in [5, 5.41) is 1.99. The average Bonchev–Trinajstić information content (AvgIpc) is 3.50. The standard InChI is InChI=1S/C25H23BrN2O4S/c1-2-11-27(25(30)19-6-8-20(26)9-7-19)16-24(29)28(15-21-4-3-12-33-21)14-18-5-10-22-23(13-18)32-17-31-22/h2-10,12-13H,1,11,14-17H2. The fraction of sp³-hybridized carbons (Fsp3) is 0.200. The molecule has 8 heteroatoms. The van der Waals surface area contributed by atoms with E-state index in [0.29, 0.717) is 30.2 Å². The first-order valence-corrected chi connectivity index (χ1v) is 12.0. The minimum atomic E-state index is -0.213. The Morgan fingerprint density at radius 1 is 1.03 bits per heavy atom. The van der Waals surface area contributed by atoms with Gasteiger partial charge in [0.15, 0.2) is 11.5 Å². The van der Waals surface area contributed by atoms with Crippen molar-refractivity contribution in [1.82, 2.24) is 9.80 Å². The second-order valence-electron chi connectivity index (χ2n) is 7.50. The molecule has 0 bridgehead atoms. The van der Waals surface area contributed by atoms with E-state index in [4.69, 9.17) is 9.47 Å². The first kappa shape index (κ1) is 23.1. The fourth-order valence-electron chi connectivity index (χ4n) is 3.50. The van der Waals surface area contributed by atoms with Gasteiger partial charge in [0.1, 0.15) is 6.54 Å². The molecular weight excluding hydrogens is 504 g/mol. The molecule has 33 heavy (non-hydrogen) atoms. The molecule has 0 N–H and O–H groups in total. The zero-order chi connectivity index (χ0) is 23.2. The van der Waals surface area contributed by atoms with Crippen molar-refractivity contribution >= 4 is 39.1 Å². The molecule has 2 amide bonds. The van der Waals surface area contributed by atoms with Gasteiger partial charge in [-0.1, -0.05) is 34.1 Å². The van der Waals surface area contributed by atoms with Crippen LogP contribution in [-0.4, -0.2) is 41.5 Å². The van der Waals surface area contributed by atoms with Crippen LogP contribution in [-0.2, 0) is 17.9 Å². The van der Waals surface area contributed by atoms with E-state index >= 15 is 0 Å². The first-order chi connectivity index (χ1) is 16.0. The van der Waals surface area contributed by atoms with Crippen LogP contribution < -0.4 is 9.47 Å². The Kier molecular flexibility index (Phi) is 7.47. The lowest BCUT2D eigenvalue weighted by molar-refractivity contribution is -0.133. The van der Waals surface area contributed by atoms with E-state index < -0.39 is 0 Å². The number of thiophene rings is 1. The lowest BCUT2D eigenvalue weighted by atomic mass is 10.1. The molecule has 6 nitrogen and oxygen atoms in total. The zero-order valence-corrected chi connectivity index (χ0v) is 20.3. The van der Waals surface area contributed by atoms with Gasteiger partial charge in [0, 0.05) is 28.0 Å². The Balaban J connectivity index is 1.53. The lowest BCUT2D eigenvalue weighted by Crippen LogP contribution is -2.42. The van der Waals surface area contributed by atoms with Gasteiger partial charge >= 0.3 is 0 Å². The molecule has 0 saturated heterocycles. The molecule has 0 unspecified atom stereocenters. The molecule has 1 aliphatic heterocycles. The van der Waals surface area contributed by atoms with Crippen LogP contribution in [0.4, 0.5) is 0 Å². The van der Waals surface area contributed by atoms with Crippen LogP contribution in [0.3, 0.4) is 0 Å². The van der Waals surface area contributed by atoms with Crippen molar-refractivity contribution in [2.45, 2.75) is 13.1 Å². The molecule has 0 spiro atoms. The quantitative estimate of drug-likeness (QED) is 0.364. The molecule has 0 saturated carbocycles. The van der Waals surface area contributed by atoms with E-state index in [0.717, 1.165) is 14.9 Å². The van der Waals surface area contributed by atoms with Gasteiger partial charge in [-0.25, -0.2) is 0 Å². The van der Waals surface area contributed by atoms with Crippen LogP contribution in [0.5, 0.6) is 11.5 Å². The number of rotatable bonds is 9. The van der Waals surface area contributed by atoms with Gasteiger partial charge in [0.2, 0.25) is 12.7 Å². The summed E-state index contributed by atoms with van der Waals surface area (Å²) in [4.78, 5) is 30.8. The summed E-state index contributed by atoms with van der Waals surface area (Å²) in [6.07, 6.45) is 1.63. The largest absolute Gasteiger partial charge is 0.454 e. The number of halogens is 1. The van der Waals surface area contributed by atoms with Crippen molar-refractivity contribution in [3.63, 3.8) is 0 Å². The predicted octanol–water partition coefficient (Wildman–Crippen LogP) is 5.10. The summed E-state index contributed by atoms with van der Waals surface area (Å²) in [5.41, 5.74) is 1.45. The minimum Gasteiger partial charge on any atom is -0.454 e. The van der Waals surface area contributed by atoms with Crippen molar-refractivity contribution in [2.75, 3.05) is 19.9 Å². The molecule has 2 heterocycles. The summed E-state index contributed by atoms with van der Waals surface area (Å²) in [6, 6.07) is 16.7. The van der Waals surface area contributed by atoms with Crippen LogP contribution in [0.25, 0.3) is 0 Å². The molecule has 3 aromatic rings. The number of amides is 2. The number of hydrogen-bond donors (Lipinski definition) is 0. The zero-order valence-electron chi connectivity index (χ0n) is 17.9. The maximum Gasteiger partial charge on any atom is 0.254 e. The number of ether oxygens (including phenoxy) is 2. The summed E-state index contributed by atoms with van der Waals surface area (Å²) in [7, 11) is 0. The van der Waals surface area contributed by atoms with Crippen molar-refractivity contribution in [3.8, 4) is 11.5 Å². The summed E-state index contributed by atoms with van der Waals surface area (Å²) in [5.74, 6) is 1.02. The smallest absolute Gasteiger partial charge is 0.254 e. The highest BCUT2D eigenvalue weighted by Gasteiger charge is 2.23. The van der Waals surface area contributed by atoms with E-state index in [1.54, 1.807) is 34.4 Å². The Morgan fingerprint density at radius 2 is 1.82 bits per heavy atom. The number of fused-ring (bicyclic) bond motifs is 1. The van der Waals surface area contributed by atoms with Crippen molar-refractivity contribution in [1.29, 1.82) is 0 Å². The van der Waals surface area contributed by atoms with Crippen LogP contribution in [0.1, 0.15) is 20.8 Å². The summed E-state index contributed by atoms with van der Waals surface area (Å²) < 4.78 is 11.8. The van der Waals surface area contributed by atoms with Gasteiger partial charge in [-0.2, -0.15) is 0 Å². The van der Waals surface area contributed by atoms with Gasteiger partial charge in [0.05, 0.1) is 6.54 Å². The van der Waals surface area contributed by atoms with E-state index in [1.165, 1.54) is 4.90 Å². The summed E-state index contributed by atoms with van der Waals surface area (Å²) >= 11 is 4.98. The first-order valence-electron chi connectivity index (χ1n) is 10.4. The minimum absolute atomic E-state index is 0.0448. The second-order valence-corrected chi connectivity index (χ2v) is 9.45. The predicted molar refractivity (Wildman–Crippen MR) is 131 cm³/mol. The highest BCUT2D eigenvalue weighted by molar-refractivity contribution is 9.10. The van der Waals surface area contributed by atoms with Gasteiger partial charge in [-0.15, -0.1) is 17.9 Å². The normalized spacial score (nSPS) is 11.8. The molecule has 1 aromatic heterocycles. The third-order valence-electron chi connectivity index (χ3n) is 5.14. The molecule has 0 atom stereocenters.